The van der Waals surface area contributed by atoms with E-state index in [-0.39, 0.29) is 0 Å². The summed E-state index contributed by atoms with van der Waals surface area (Å²) in [6.07, 6.45) is 5.22. The van der Waals surface area contributed by atoms with E-state index in [9.17, 15) is 0 Å². The number of hydrogen-bond donors (Lipinski definition) is 0. The molecule has 0 amide bonds. The Morgan fingerprint density at radius 3 is 2.72 bits per heavy atom. The van der Waals surface area contributed by atoms with E-state index >= 15 is 0 Å². The van der Waals surface area contributed by atoms with E-state index in [4.69, 9.17) is 4.74 Å². The van der Waals surface area contributed by atoms with Crippen LogP contribution in [0.3, 0.4) is 0 Å². The maximum Gasteiger partial charge on any atom is 0.241 e. The molecule has 2 heterocycles. The maximum absolute atomic E-state index is 5.70. The third kappa shape index (κ3) is 2.13. The molecule has 88 valence electrons. The predicted molar refractivity (Wildman–Crippen MR) is 68.1 cm³/mol. The summed E-state index contributed by atoms with van der Waals surface area (Å²) >= 11 is 0. The van der Waals surface area contributed by atoms with Gasteiger partial charge in [0, 0.05) is 23.2 Å². The van der Waals surface area contributed by atoms with E-state index in [0.717, 1.165) is 16.3 Å². The fourth-order valence-corrected chi connectivity index (χ4v) is 1.74. The van der Waals surface area contributed by atoms with Crippen LogP contribution in [0.5, 0.6) is 5.88 Å². The van der Waals surface area contributed by atoms with Gasteiger partial charge in [0.25, 0.3) is 0 Å². The van der Waals surface area contributed by atoms with E-state index in [1.807, 2.05) is 36.4 Å². The molecule has 0 atom stereocenters. The summed E-state index contributed by atoms with van der Waals surface area (Å²) in [4.78, 5) is 3.97. The second kappa shape index (κ2) is 4.79. The van der Waals surface area contributed by atoms with Gasteiger partial charge in [0.1, 0.15) is 6.61 Å². The summed E-state index contributed by atoms with van der Waals surface area (Å²) in [5.74, 6) is 0.560. The summed E-state index contributed by atoms with van der Waals surface area (Å²) < 4.78 is 5.70. The molecule has 0 bridgehead atoms. The second-order valence-corrected chi connectivity index (χ2v) is 3.88. The molecule has 0 aliphatic carbocycles. The largest absolute Gasteiger partial charge is 0.471 e. The Kier molecular flexibility index (Phi) is 2.84. The van der Waals surface area contributed by atoms with Crippen LogP contribution < -0.4 is 4.74 Å². The zero-order chi connectivity index (χ0) is 12.2. The third-order valence-corrected chi connectivity index (χ3v) is 2.66. The van der Waals surface area contributed by atoms with Crippen LogP contribution in [0.15, 0.2) is 55.0 Å². The molecule has 18 heavy (non-hydrogen) atoms. The molecule has 4 heteroatoms. The minimum atomic E-state index is 0.463. The topological polar surface area (TPSA) is 47.9 Å². The number of nitrogens with zero attached hydrogens (tertiary/aromatic N) is 3. The summed E-state index contributed by atoms with van der Waals surface area (Å²) in [7, 11) is 0. The smallest absolute Gasteiger partial charge is 0.241 e. The SMILES string of the molecule is c1ccc2c(OCc3ccncc3)nncc2c1. The van der Waals surface area contributed by atoms with Crippen LogP contribution in [0.2, 0.25) is 0 Å². The van der Waals surface area contributed by atoms with Gasteiger partial charge in [0.2, 0.25) is 5.88 Å². The molecule has 2 aromatic heterocycles. The van der Waals surface area contributed by atoms with Gasteiger partial charge in [-0.1, -0.05) is 18.2 Å². The molecule has 0 spiro atoms. The van der Waals surface area contributed by atoms with Crippen molar-refractivity contribution in [3.05, 3.63) is 60.6 Å². The van der Waals surface area contributed by atoms with Crippen molar-refractivity contribution in [2.24, 2.45) is 0 Å². The molecule has 0 N–H and O–H groups in total. The van der Waals surface area contributed by atoms with Gasteiger partial charge in [-0.3, -0.25) is 4.98 Å². The van der Waals surface area contributed by atoms with Crippen LogP contribution in [0.25, 0.3) is 10.8 Å². The second-order valence-electron chi connectivity index (χ2n) is 3.88. The van der Waals surface area contributed by atoms with Crippen molar-refractivity contribution in [3.8, 4) is 5.88 Å². The van der Waals surface area contributed by atoms with Gasteiger partial charge in [0.05, 0.1) is 6.20 Å². The monoisotopic (exact) mass is 237 g/mol. The van der Waals surface area contributed by atoms with Crippen LogP contribution in [0.1, 0.15) is 5.56 Å². The molecular weight excluding hydrogens is 226 g/mol. The van der Waals surface area contributed by atoms with Crippen molar-refractivity contribution in [1.29, 1.82) is 0 Å². The van der Waals surface area contributed by atoms with Crippen molar-refractivity contribution < 1.29 is 4.74 Å². The first-order chi connectivity index (χ1) is 8.93. The predicted octanol–water partition coefficient (Wildman–Crippen LogP) is 2.60. The Balaban J connectivity index is 1.87. The van der Waals surface area contributed by atoms with Crippen molar-refractivity contribution in [2.75, 3.05) is 0 Å². The highest BCUT2D eigenvalue weighted by molar-refractivity contribution is 5.85. The first-order valence-corrected chi connectivity index (χ1v) is 5.65. The van der Waals surface area contributed by atoms with Crippen molar-refractivity contribution in [3.63, 3.8) is 0 Å². The van der Waals surface area contributed by atoms with Crippen LogP contribution in [0.4, 0.5) is 0 Å². The molecule has 1 aromatic carbocycles. The third-order valence-electron chi connectivity index (χ3n) is 2.66. The number of benzene rings is 1. The first-order valence-electron chi connectivity index (χ1n) is 5.65. The van der Waals surface area contributed by atoms with Gasteiger partial charge in [-0.2, -0.15) is 5.10 Å². The lowest BCUT2D eigenvalue weighted by Gasteiger charge is -2.06. The summed E-state index contributed by atoms with van der Waals surface area (Å²) in [5.41, 5.74) is 1.06. The fraction of sp³-hybridized carbons (Fsp3) is 0.0714. The molecule has 3 rings (SSSR count). The zero-order valence-corrected chi connectivity index (χ0v) is 9.65. The summed E-state index contributed by atoms with van der Waals surface area (Å²) in [6, 6.07) is 11.7. The van der Waals surface area contributed by atoms with Gasteiger partial charge in [-0.25, -0.2) is 0 Å². The van der Waals surface area contributed by atoms with Gasteiger partial charge in [-0.05, 0) is 23.8 Å². The lowest BCUT2D eigenvalue weighted by Crippen LogP contribution is -1.99. The molecule has 0 radical (unpaired) electrons. The minimum Gasteiger partial charge on any atom is -0.471 e. The first kappa shape index (κ1) is 10.7. The fourth-order valence-electron chi connectivity index (χ4n) is 1.74. The normalized spacial score (nSPS) is 10.4. The van der Waals surface area contributed by atoms with Crippen LogP contribution in [-0.2, 0) is 6.61 Å². The van der Waals surface area contributed by atoms with E-state index < -0.39 is 0 Å². The highest BCUT2D eigenvalue weighted by Gasteiger charge is 2.03. The number of aromatic nitrogens is 3. The van der Waals surface area contributed by atoms with Gasteiger partial charge in [-0.15, -0.1) is 5.10 Å². The number of fused-ring (bicyclic) bond motifs is 1. The van der Waals surface area contributed by atoms with Crippen LogP contribution >= 0.6 is 0 Å². The number of rotatable bonds is 3. The quantitative estimate of drug-likeness (QED) is 0.702. The summed E-state index contributed by atoms with van der Waals surface area (Å²) in [6.45, 7) is 0.463. The lowest BCUT2D eigenvalue weighted by atomic mass is 10.2. The van der Waals surface area contributed by atoms with Gasteiger partial charge in [0.15, 0.2) is 0 Å². The Hall–Kier alpha value is -2.49. The molecule has 4 nitrogen and oxygen atoms in total. The summed E-state index contributed by atoms with van der Waals surface area (Å²) in [5, 5.41) is 9.97. The molecule has 3 aromatic rings. The van der Waals surface area contributed by atoms with Crippen LogP contribution in [0, 0.1) is 0 Å². The maximum atomic E-state index is 5.70. The number of ether oxygens (including phenoxy) is 1. The minimum absolute atomic E-state index is 0.463. The average molecular weight is 237 g/mol. The molecule has 0 aliphatic rings. The molecule has 0 aliphatic heterocycles. The van der Waals surface area contributed by atoms with Gasteiger partial charge < -0.3 is 4.74 Å². The van der Waals surface area contributed by atoms with E-state index in [1.165, 1.54) is 0 Å². The Bertz CT molecular complexity index is 650. The van der Waals surface area contributed by atoms with Crippen molar-refractivity contribution >= 4 is 10.8 Å². The average Bonchev–Trinajstić information content (AvgIpc) is 2.46. The molecule has 0 fully saturated rings. The number of pyridine rings is 1. The van der Waals surface area contributed by atoms with E-state index in [1.54, 1.807) is 18.6 Å². The molecule has 0 saturated carbocycles. The van der Waals surface area contributed by atoms with E-state index in [0.29, 0.717) is 12.5 Å². The van der Waals surface area contributed by atoms with Crippen molar-refractivity contribution in [1.82, 2.24) is 15.2 Å². The molecule has 0 saturated heterocycles. The molecule has 0 unspecified atom stereocenters. The van der Waals surface area contributed by atoms with Crippen molar-refractivity contribution in [2.45, 2.75) is 6.61 Å². The van der Waals surface area contributed by atoms with Crippen LogP contribution in [-0.4, -0.2) is 15.2 Å². The molecular formula is C14H11N3O. The zero-order valence-electron chi connectivity index (χ0n) is 9.65. The Morgan fingerprint density at radius 1 is 1.00 bits per heavy atom. The standard InChI is InChI=1S/C14H11N3O/c1-2-4-13-12(3-1)9-16-17-14(13)18-10-11-5-7-15-8-6-11/h1-9H,10H2. The Morgan fingerprint density at radius 2 is 1.83 bits per heavy atom. The van der Waals surface area contributed by atoms with E-state index in [2.05, 4.69) is 15.2 Å². The van der Waals surface area contributed by atoms with Gasteiger partial charge >= 0.3 is 0 Å². The highest BCUT2D eigenvalue weighted by atomic mass is 16.5. The Labute approximate surface area is 104 Å². The lowest BCUT2D eigenvalue weighted by molar-refractivity contribution is 0.294. The number of hydrogen-bond acceptors (Lipinski definition) is 4. The highest BCUT2D eigenvalue weighted by Crippen LogP contribution is 2.21.